The molecule has 2 aliphatic rings. The number of likely N-dealkylation sites (N-methyl/N-ethyl adjacent to an activating group) is 1. The molecule has 2 aliphatic heterocycles. The molecule has 1 aromatic heterocycles. The molecule has 0 aliphatic carbocycles. The molecule has 1 saturated heterocycles. The third-order valence-electron chi connectivity index (χ3n) is 5.41. The Balaban J connectivity index is 1.52. The molecule has 150 valence electrons. The number of hydrogen-bond acceptors (Lipinski definition) is 5. The Morgan fingerprint density at radius 2 is 1.89 bits per heavy atom. The van der Waals surface area contributed by atoms with Crippen molar-refractivity contribution >= 4 is 11.9 Å². The van der Waals surface area contributed by atoms with E-state index in [4.69, 9.17) is 0 Å². The van der Waals surface area contributed by atoms with Crippen LogP contribution >= 0.6 is 0 Å². The lowest BCUT2D eigenvalue weighted by atomic mass is 10.2. The van der Waals surface area contributed by atoms with Crippen molar-refractivity contribution in [3.05, 3.63) is 17.5 Å². The predicted octanol–water partition coefficient (Wildman–Crippen LogP) is -0.368. The Morgan fingerprint density at radius 3 is 2.56 bits per heavy atom. The van der Waals surface area contributed by atoms with Crippen LogP contribution in [0.15, 0.2) is 6.07 Å². The summed E-state index contributed by atoms with van der Waals surface area (Å²) in [7, 11) is 5.63. The number of carbonyl (C=O) groups is 2. The van der Waals surface area contributed by atoms with Gasteiger partial charge in [0.15, 0.2) is 0 Å². The average molecular weight is 377 g/mol. The Bertz CT molecular complexity index is 679. The fourth-order valence-corrected chi connectivity index (χ4v) is 3.56. The molecule has 0 unspecified atom stereocenters. The molecule has 27 heavy (non-hydrogen) atoms. The van der Waals surface area contributed by atoms with Crippen LogP contribution in [0, 0.1) is 0 Å². The number of rotatable bonds is 4. The summed E-state index contributed by atoms with van der Waals surface area (Å²) >= 11 is 0. The first-order valence-corrected chi connectivity index (χ1v) is 9.57. The van der Waals surface area contributed by atoms with Gasteiger partial charge in [-0.2, -0.15) is 5.10 Å². The third-order valence-corrected chi connectivity index (χ3v) is 5.41. The van der Waals surface area contributed by atoms with Crippen molar-refractivity contribution < 1.29 is 9.59 Å². The van der Waals surface area contributed by atoms with Crippen molar-refractivity contribution in [3.63, 3.8) is 0 Å². The maximum atomic E-state index is 12.5. The molecule has 9 heteroatoms. The molecular weight excluding hydrogens is 346 g/mol. The molecule has 1 fully saturated rings. The van der Waals surface area contributed by atoms with Gasteiger partial charge in [0.2, 0.25) is 5.91 Å². The van der Waals surface area contributed by atoms with Crippen LogP contribution in [0.5, 0.6) is 0 Å². The topological polar surface area (TPSA) is 76.9 Å². The number of aromatic nitrogens is 2. The highest BCUT2D eigenvalue weighted by molar-refractivity contribution is 5.81. The van der Waals surface area contributed by atoms with Gasteiger partial charge >= 0.3 is 6.03 Å². The van der Waals surface area contributed by atoms with E-state index in [1.807, 2.05) is 22.6 Å². The highest BCUT2D eigenvalue weighted by Crippen LogP contribution is 2.15. The van der Waals surface area contributed by atoms with Crippen molar-refractivity contribution in [2.45, 2.75) is 32.6 Å². The molecule has 0 radical (unpaired) electrons. The molecule has 0 bridgehead atoms. The van der Waals surface area contributed by atoms with Crippen LogP contribution in [-0.2, 0) is 24.4 Å². The Labute approximate surface area is 160 Å². The van der Waals surface area contributed by atoms with Gasteiger partial charge in [-0.1, -0.05) is 0 Å². The summed E-state index contributed by atoms with van der Waals surface area (Å²) in [6.45, 7) is 8.08. The second-order valence-electron chi connectivity index (χ2n) is 7.68. The minimum absolute atomic E-state index is 0.0123. The molecule has 3 amide bonds. The summed E-state index contributed by atoms with van der Waals surface area (Å²) in [5.74, 6) is 0.0370. The molecule has 1 N–H and O–H groups in total. The second-order valence-corrected chi connectivity index (χ2v) is 7.68. The number of carbonyl (C=O) groups excluding carboxylic acids is 2. The SMILES string of the molecule is C[C@H](C(=O)NCc1cc2n(n1)CCN(C(=O)N(C)C)C2)N1CCN(C)CC1. The molecule has 3 heterocycles. The van der Waals surface area contributed by atoms with E-state index < -0.39 is 0 Å². The number of nitrogens with one attached hydrogen (secondary N) is 1. The van der Waals surface area contributed by atoms with Crippen molar-refractivity contribution in [2.24, 2.45) is 0 Å². The Hall–Kier alpha value is -2.13. The van der Waals surface area contributed by atoms with Crippen molar-refractivity contribution in [1.82, 2.24) is 34.7 Å². The van der Waals surface area contributed by atoms with Crippen LogP contribution in [0.1, 0.15) is 18.3 Å². The van der Waals surface area contributed by atoms with Crippen molar-refractivity contribution in [2.75, 3.05) is 53.9 Å². The number of nitrogens with zero attached hydrogens (tertiary/aromatic N) is 6. The van der Waals surface area contributed by atoms with E-state index in [0.717, 1.165) is 37.6 Å². The standard InChI is InChI=1S/C18H31N7O2/c1-14(23-7-5-22(4)6-8-23)17(26)19-12-15-11-16-13-24(18(27)21(2)3)9-10-25(16)20-15/h11,14H,5-10,12-13H2,1-4H3,(H,19,26)/t14-/m1/s1. The summed E-state index contributed by atoms with van der Waals surface area (Å²) < 4.78 is 1.94. The monoisotopic (exact) mass is 377 g/mol. The van der Waals surface area contributed by atoms with E-state index in [1.165, 1.54) is 0 Å². The molecule has 0 aromatic carbocycles. The van der Waals surface area contributed by atoms with Gasteiger partial charge in [0.25, 0.3) is 0 Å². The van der Waals surface area contributed by atoms with E-state index in [2.05, 4.69) is 27.3 Å². The van der Waals surface area contributed by atoms with Crippen LogP contribution in [0.2, 0.25) is 0 Å². The number of piperazine rings is 1. The summed E-state index contributed by atoms with van der Waals surface area (Å²) in [6, 6.07) is 1.86. The lowest BCUT2D eigenvalue weighted by Crippen LogP contribution is -2.52. The lowest BCUT2D eigenvalue weighted by molar-refractivity contribution is -0.126. The van der Waals surface area contributed by atoms with Crippen LogP contribution in [0.25, 0.3) is 0 Å². The van der Waals surface area contributed by atoms with E-state index in [1.54, 1.807) is 19.0 Å². The maximum Gasteiger partial charge on any atom is 0.319 e. The minimum atomic E-state index is -0.135. The molecule has 1 atom stereocenters. The van der Waals surface area contributed by atoms with E-state index in [-0.39, 0.29) is 18.0 Å². The van der Waals surface area contributed by atoms with Gasteiger partial charge in [-0.05, 0) is 20.0 Å². The molecule has 0 saturated carbocycles. The van der Waals surface area contributed by atoms with E-state index >= 15 is 0 Å². The van der Waals surface area contributed by atoms with Crippen LogP contribution in [0.4, 0.5) is 4.79 Å². The Kier molecular flexibility index (Phi) is 6.01. The van der Waals surface area contributed by atoms with Gasteiger partial charge in [0, 0.05) is 46.8 Å². The smallest absolute Gasteiger partial charge is 0.319 e. The second kappa shape index (κ2) is 8.26. The Morgan fingerprint density at radius 1 is 1.19 bits per heavy atom. The predicted molar refractivity (Wildman–Crippen MR) is 102 cm³/mol. The fraction of sp³-hybridized carbons (Fsp3) is 0.722. The van der Waals surface area contributed by atoms with Gasteiger partial charge in [-0.15, -0.1) is 0 Å². The van der Waals surface area contributed by atoms with Crippen molar-refractivity contribution in [3.8, 4) is 0 Å². The van der Waals surface area contributed by atoms with Crippen molar-refractivity contribution in [1.29, 1.82) is 0 Å². The van der Waals surface area contributed by atoms with E-state index in [9.17, 15) is 9.59 Å². The normalized spacial score (nSPS) is 19.5. The number of amides is 3. The first kappa shape index (κ1) is 19.6. The molecule has 1 aromatic rings. The maximum absolute atomic E-state index is 12.5. The van der Waals surface area contributed by atoms with Crippen LogP contribution in [0.3, 0.4) is 0 Å². The van der Waals surface area contributed by atoms with Crippen LogP contribution in [-0.4, -0.2) is 101 Å². The van der Waals surface area contributed by atoms with Gasteiger partial charge in [0.05, 0.1) is 37.1 Å². The summed E-state index contributed by atoms with van der Waals surface area (Å²) in [4.78, 5) is 32.5. The molecular formula is C18H31N7O2. The zero-order valence-electron chi connectivity index (χ0n) is 16.8. The summed E-state index contributed by atoms with van der Waals surface area (Å²) in [6.07, 6.45) is 0. The highest BCUT2D eigenvalue weighted by Gasteiger charge is 2.25. The van der Waals surface area contributed by atoms with Gasteiger partial charge in [-0.25, -0.2) is 4.79 Å². The first-order valence-electron chi connectivity index (χ1n) is 9.57. The highest BCUT2D eigenvalue weighted by atomic mass is 16.2. The molecule has 3 rings (SSSR count). The lowest BCUT2D eigenvalue weighted by Gasteiger charge is -2.35. The third kappa shape index (κ3) is 4.59. The minimum Gasteiger partial charge on any atom is -0.349 e. The number of fused-ring (bicyclic) bond motifs is 1. The zero-order valence-corrected chi connectivity index (χ0v) is 16.8. The van der Waals surface area contributed by atoms with Gasteiger partial charge in [-0.3, -0.25) is 14.4 Å². The first-order chi connectivity index (χ1) is 12.8. The average Bonchev–Trinajstić information content (AvgIpc) is 3.07. The summed E-state index contributed by atoms with van der Waals surface area (Å²) in [5.41, 5.74) is 1.84. The van der Waals surface area contributed by atoms with Crippen LogP contribution < -0.4 is 5.32 Å². The number of urea groups is 1. The fourth-order valence-electron chi connectivity index (χ4n) is 3.56. The largest absolute Gasteiger partial charge is 0.349 e. The molecule has 0 spiro atoms. The van der Waals surface area contributed by atoms with Gasteiger partial charge < -0.3 is 20.0 Å². The molecule has 9 nitrogen and oxygen atoms in total. The summed E-state index contributed by atoms with van der Waals surface area (Å²) in [5, 5.41) is 7.58. The quantitative estimate of drug-likeness (QED) is 0.775. The zero-order chi connectivity index (χ0) is 19.6. The van der Waals surface area contributed by atoms with E-state index in [0.29, 0.717) is 26.2 Å². The number of hydrogen-bond donors (Lipinski definition) is 1. The van der Waals surface area contributed by atoms with Gasteiger partial charge in [0.1, 0.15) is 0 Å².